The number of hydrogen-bond donors (Lipinski definition) is 1. The zero-order valence-corrected chi connectivity index (χ0v) is 25.3. The largest absolute Gasteiger partial charge is 0.493 e. The van der Waals surface area contributed by atoms with E-state index in [4.69, 9.17) is 9.47 Å². The normalized spacial score (nSPS) is 12.0. The summed E-state index contributed by atoms with van der Waals surface area (Å²) in [4.78, 5) is 28.8. The van der Waals surface area contributed by atoms with Gasteiger partial charge in [-0.15, -0.1) is 0 Å². The number of rotatable bonds is 13. The van der Waals surface area contributed by atoms with Crippen molar-refractivity contribution < 1.29 is 27.5 Å². The number of para-hydroxylation sites is 1. The van der Waals surface area contributed by atoms with Crippen LogP contribution in [0.25, 0.3) is 0 Å². The Bertz CT molecular complexity index is 1440. The second-order valence-corrected chi connectivity index (χ2v) is 11.8. The highest BCUT2D eigenvalue weighted by atomic mass is 32.2. The summed E-state index contributed by atoms with van der Waals surface area (Å²) in [6, 6.07) is 19.4. The fourth-order valence-corrected chi connectivity index (χ4v) is 5.93. The molecule has 3 rings (SSSR count). The van der Waals surface area contributed by atoms with Crippen LogP contribution in [-0.4, -0.2) is 58.0 Å². The number of nitrogens with zero attached hydrogens (tertiary/aromatic N) is 2. The monoisotopic (exact) mass is 581 g/mol. The third-order valence-electron chi connectivity index (χ3n) is 6.68. The minimum atomic E-state index is -4.24. The first-order valence-corrected chi connectivity index (χ1v) is 14.9. The molecule has 3 aromatic carbocycles. The lowest BCUT2D eigenvalue weighted by atomic mass is 10.1. The van der Waals surface area contributed by atoms with Crippen molar-refractivity contribution in [3.05, 3.63) is 83.9 Å². The van der Waals surface area contributed by atoms with Gasteiger partial charge < -0.3 is 19.7 Å². The third-order valence-corrected chi connectivity index (χ3v) is 8.45. The molecule has 220 valence electrons. The standard InChI is InChI=1S/C31H39N3O6S/c1-7-27(31(36)32-22(2)3)33(20-24-14-12-11-13-23(24)4)30(35)21-34(25-15-9-8-10-16-25)41(37,38)26-17-18-28(39-5)29(19-26)40-6/h8-19,22,27H,7,20-21H2,1-6H3,(H,32,36)/t27-/m0/s1. The van der Waals surface area contributed by atoms with Crippen LogP contribution in [0.5, 0.6) is 11.5 Å². The van der Waals surface area contributed by atoms with Crippen LogP contribution in [0.3, 0.4) is 0 Å². The number of hydrogen-bond acceptors (Lipinski definition) is 6. The molecule has 1 N–H and O–H groups in total. The fraction of sp³-hybridized carbons (Fsp3) is 0.355. The van der Waals surface area contributed by atoms with Crippen LogP contribution >= 0.6 is 0 Å². The van der Waals surface area contributed by atoms with E-state index < -0.39 is 28.5 Å². The molecule has 0 spiro atoms. The number of anilines is 1. The van der Waals surface area contributed by atoms with Gasteiger partial charge in [0.1, 0.15) is 12.6 Å². The van der Waals surface area contributed by atoms with Crippen LogP contribution < -0.4 is 19.1 Å². The van der Waals surface area contributed by atoms with E-state index >= 15 is 0 Å². The zero-order valence-electron chi connectivity index (χ0n) is 24.5. The Kier molecular flexibility index (Phi) is 10.8. The molecule has 10 heteroatoms. The predicted molar refractivity (Wildman–Crippen MR) is 160 cm³/mol. The van der Waals surface area contributed by atoms with Crippen molar-refractivity contribution >= 4 is 27.5 Å². The summed E-state index contributed by atoms with van der Waals surface area (Å²) in [6.45, 7) is 7.10. The lowest BCUT2D eigenvalue weighted by Crippen LogP contribution is -2.53. The number of ether oxygens (including phenoxy) is 2. The van der Waals surface area contributed by atoms with Gasteiger partial charge in [0.25, 0.3) is 10.0 Å². The summed E-state index contributed by atoms with van der Waals surface area (Å²) in [7, 11) is -1.36. The van der Waals surface area contributed by atoms with Crippen molar-refractivity contribution in [3.8, 4) is 11.5 Å². The van der Waals surface area contributed by atoms with E-state index in [0.29, 0.717) is 17.9 Å². The minimum absolute atomic E-state index is 0.0677. The van der Waals surface area contributed by atoms with Gasteiger partial charge in [-0.2, -0.15) is 0 Å². The number of nitrogens with one attached hydrogen (secondary N) is 1. The van der Waals surface area contributed by atoms with Gasteiger partial charge in [-0.3, -0.25) is 13.9 Å². The van der Waals surface area contributed by atoms with Crippen LogP contribution in [0.1, 0.15) is 38.3 Å². The van der Waals surface area contributed by atoms with Gasteiger partial charge in [-0.1, -0.05) is 49.4 Å². The second-order valence-electron chi connectivity index (χ2n) is 9.90. The molecule has 0 saturated carbocycles. The minimum Gasteiger partial charge on any atom is -0.493 e. The van der Waals surface area contributed by atoms with Crippen molar-refractivity contribution in [1.29, 1.82) is 0 Å². The predicted octanol–water partition coefficient (Wildman–Crippen LogP) is 4.54. The maximum Gasteiger partial charge on any atom is 0.264 e. The molecule has 41 heavy (non-hydrogen) atoms. The van der Waals surface area contributed by atoms with E-state index in [2.05, 4.69) is 5.32 Å². The molecule has 3 aromatic rings. The second kappa shape index (κ2) is 14.0. The number of carbonyl (C=O) groups excluding carboxylic acids is 2. The Morgan fingerprint density at radius 1 is 0.902 bits per heavy atom. The van der Waals surface area contributed by atoms with Crippen LogP contribution in [0.2, 0.25) is 0 Å². The smallest absolute Gasteiger partial charge is 0.264 e. The maximum atomic E-state index is 14.1. The first-order valence-electron chi connectivity index (χ1n) is 13.5. The van der Waals surface area contributed by atoms with Gasteiger partial charge in [0.15, 0.2) is 11.5 Å². The Morgan fingerprint density at radius 3 is 2.12 bits per heavy atom. The molecule has 0 radical (unpaired) electrons. The molecular weight excluding hydrogens is 542 g/mol. The Balaban J connectivity index is 2.09. The molecule has 0 fully saturated rings. The number of amides is 2. The van der Waals surface area contributed by atoms with Crippen LogP contribution in [0.15, 0.2) is 77.7 Å². The van der Waals surface area contributed by atoms with Crippen molar-refractivity contribution in [2.45, 2.75) is 57.6 Å². The van der Waals surface area contributed by atoms with Gasteiger partial charge >= 0.3 is 0 Å². The highest BCUT2D eigenvalue weighted by Gasteiger charge is 2.34. The Morgan fingerprint density at radius 2 is 1.54 bits per heavy atom. The van der Waals surface area contributed by atoms with Crippen LogP contribution in [0, 0.1) is 6.92 Å². The molecule has 0 aliphatic heterocycles. The molecule has 0 saturated heterocycles. The summed E-state index contributed by atoms with van der Waals surface area (Å²) >= 11 is 0. The quantitative estimate of drug-likeness (QED) is 0.318. The fourth-order valence-electron chi connectivity index (χ4n) is 4.50. The van der Waals surface area contributed by atoms with Crippen LogP contribution in [-0.2, 0) is 26.2 Å². The molecule has 0 bridgehead atoms. The average Bonchev–Trinajstić information content (AvgIpc) is 2.96. The molecule has 2 amide bonds. The molecule has 0 unspecified atom stereocenters. The third kappa shape index (κ3) is 7.58. The van der Waals surface area contributed by atoms with Crippen molar-refractivity contribution in [1.82, 2.24) is 10.2 Å². The number of sulfonamides is 1. The average molecular weight is 582 g/mol. The van der Waals surface area contributed by atoms with Crippen molar-refractivity contribution in [2.75, 3.05) is 25.1 Å². The first kappa shape index (κ1) is 31.5. The van der Waals surface area contributed by atoms with Gasteiger partial charge in [0.05, 0.1) is 24.8 Å². The topological polar surface area (TPSA) is 105 Å². The number of aryl methyl sites for hydroxylation is 1. The summed E-state index contributed by atoms with van der Waals surface area (Å²) in [5.74, 6) is -0.184. The van der Waals surface area contributed by atoms with E-state index in [1.807, 2.05) is 52.0 Å². The van der Waals surface area contributed by atoms with Gasteiger partial charge in [-0.25, -0.2) is 8.42 Å². The highest BCUT2D eigenvalue weighted by Crippen LogP contribution is 2.32. The molecule has 9 nitrogen and oxygen atoms in total. The van der Waals surface area contributed by atoms with E-state index in [-0.39, 0.29) is 29.1 Å². The zero-order chi connectivity index (χ0) is 30.2. The Hall–Kier alpha value is -4.05. The number of methoxy groups -OCH3 is 2. The van der Waals surface area contributed by atoms with E-state index in [1.54, 1.807) is 30.3 Å². The lowest BCUT2D eigenvalue weighted by Gasteiger charge is -2.34. The first-order chi connectivity index (χ1) is 19.5. The molecule has 0 aromatic heterocycles. The lowest BCUT2D eigenvalue weighted by molar-refractivity contribution is -0.140. The molecule has 0 aliphatic carbocycles. The van der Waals surface area contributed by atoms with E-state index in [1.165, 1.54) is 37.3 Å². The summed E-state index contributed by atoms with van der Waals surface area (Å²) < 4.78 is 39.8. The van der Waals surface area contributed by atoms with Gasteiger partial charge in [0, 0.05) is 18.7 Å². The van der Waals surface area contributed by atoms with Crippen molar-refractivity contribution in [3.63, 3.8) is 0 Å². The number of benzene rings is 3. The maximum absolute atomic E-state index is 14.1. The molecule has 0 aliphatic rings. The highest BCUT2D eigenvalue weighted by molar-refractivity contribution is 7.92. The molecule has 0 heterocycles. The van der Waals surface area contributed by atoms with E-state index in [0.717, 1.165) is 15.4 Å². The SMILES string of the molecule is CC[C@@H](C(=O)NC(C)C)N(Cc1ccccc1C)C(=O)CN(c1ccccc1)S(=O)(=O)c1ccc(OC)c(OC)c1. The summed E-state index contributed by atoms with van der Waals surface area (Å²) in [6.07, 6.45) is 0.351. The Labute approximate surface area is 243 Å². The molecular formula is C31H39N3O6S. The van der Waals surface area contributed by atoms with E-state index in [9.17, 15) is 18.0 Å². The van der Waals surface area contributed by atoms with Crippen LogP contribution in [0.4, 0.5) is 5.69 Å². The van der Waals surface area contributed by atoms with Gasteiger partial charge in [0.2, 0.25) is 11.8 Å². The number of carbonyl (C=O) groups is 2. The molecule has 1 atom stereocenters. The van der Waals surface area contributed by atoms with Crippen molar-refractivity contribution in [2.24, 2.45) is 0 Å². The van der Waals surface area contributed by atoms with Gasteiger partial charge in [-0.05, 0) is 62.6 Å². The summed E-state index contributed by atoms with van der Waals surface area (Å²) in [5, 5.41) is 2.90. The summed E-state index contributed by atoms with van der Waals surface area (Å²) in [5.41, 5.74) is 2.14.